The van der Waals surface area contributed by atoms with Gasteiger partial charge in [0.05, 0.1) is 11.4 Å². The second-order valence-electron chi connectivity index (χ2n) is 4.95. The minimum absolute atomic E-state index is 0.0313. The monoisotopic (exact) mass is 264 g/mol. The van der Waals surface area contributed by atoms with Gasteiger partial charge in [-0.3, -0.25) is 0 Å². The van der Waals surface area contributed by atoms with Crippen LogP contribution in [0.25, 0.3) is 16.9 Å². The summed E-state index contributed by atoms with van der Waals surface area (Å²) >= 11 is 0. The smallest absolute Gasteiger partial charge is 0.231 e. The van der Waals surface area contributed by atoms with E-state index in [0.717, 1.165) is 22.5 Å². The third-order valence-electron chi connectivity index (χ3n) is 3.40. The zero-order valence-electron chi connectivity index (χ0n) is 11.5. The maximum absolute atomic E-state index is 9.77. The highest BCUT2D eigenvalue weighted by Crippen LogP contribution is 2.28. The maximum atomic E-state index is 9.77. The maximum Gasteiger partial charge on any atom is 0.231 e. The standard InChI is InChI=1S/C17H16N2O/c1-12-7-9-14(10-8-12)19-16(11-17(20)18-19)15-6-4-3-5-13(15)2/h3-11H,1-2H3,(H,18,20). The van der Waals surface area contributed by atoms with Crippen molar-refractivity contribution >= 4 is 0 Å². The Labute approximate surface area is 118 Å². The van der Waals surface area contributed by atoms with E-state index in [9.17, 15) is 5.11 Å². The largest absolute Gasteiger partial charge is 0.492 e. The van der Waals surface area contributed by atoms with Crippen LogP contribution in [0.1, 0.15) is 11.1 Å². The number of benzene rings is 2. The van der Waals surface area contributed by atoms with Crippen molar-refractivity contribution in [1.82, 2.24) is 9.78 Å². The van der Waals surface area contributed by atoms with Gasteiger partial charge in [-0.05, 0) is 31.5 Å². The molecule has 0 aliphatic rings. The summed E-state index contributed by atoms with van der Waals surface area (Å²) in [6.45, 7) is 4.10. The van der Waals surface area contributed by atoms with Gasteiger partial charge in [0.25, 0.3) is 0 Å². The average Bonchev–Trinajstić information content (AvgIpc) is 2.82. The van der Waals surface area contributed by atoms with Crippen molar-refractivity contribution < 1.29 is 5.11 Å². The summed E-state index contributed by atoms with van der Waals surface area (Å²) in [5.41, 5.74) is 5.25. The molecule has 3 nitrogen and oxygen atoms in total. The number of rotatable bonds is 2. The van der Waals surface area contributed by atoms with Gasteiger partial charge >= 0.3 is 0 Å². The Bertz CT molecular complexity index is 742. The molecule has 0 amide bonds. The van der Waals surface area contributed by atoms with E-state index < -0.39 is 0 Å². The molecule has 100 valence electrons. The Balaban J connectivity index is 2.18. The Morgan fingerprint density at radius 2 is 1.65 bits per heavy atom. The van der Waals surface area contributed by atoms with E-state index >= 15 is 0 Å². The topological polar surface area (TPSA) is 38.0 Å². The molecule has 2 aromatic carbocycles. The van der Waals surface area contributed by atoms with Crippen LogP contribution < -0.4 is 0 Å². The van der Waals surface area contributed by atoms with Gasteiger partial charge in [0.15, 0.2) is 0 Å². The lowest BCUT2D eigenvalue weighted by molar-refractivity contribution is 0.448. The predicted molar refractivity (Wildman–Crippen MR) is 80.1 cm³/mol. The number of aromatic nitrogens is 2. The number of nitrogens with zero attached hydrogens (tertiary/aromatic N) is 2. The van der Waals surface area contributed by atoms with E-state index in [1.807, 2.05) is 49.4 Å². The molecule has 1 heterocycles. The van der Waals surface area contributed by atoms with E-state index in [1.165, 1.54) is 5.56 Å². The van der Waals surface area contributed by atoms with Gasteiger partial charge in [0.2, 0.25) is 5.88 Å². The lowest BCUT2D eigenvalue weighted by Gasteiger charge is -2.09. The molecule has 3 rings (SSSR count). The first-order valence-corrected chi connectivity index (χ1v) is 6.57. The van der Waals surface area contributed by atoms with E-state index in [0.29, 0.717) is 0 Å². The quantitative estimate of drug-likeness (QED) is 0.763. The zero-order chi connectivity index (χ0) is 14.1. The van der Waals surface area contributed by atoms with E-state index in [2.05, 4.69) is 18.1 Å². The van der Waals surface area contributed by atoms with Crippen molar-refractivity contribution in [3.8, 4) is 22.8 Å². The summed E-state index contributed by atoms with van der Waals surface area (Å²) < 4.78 is 1.77. The summed E-state index contributed by atoms with van der Waals surface area (Å²) in [5.74, 6) is 0.0313. The highest BCUT2D eigenvalue weighted by Gasteiger charge is 2.12. The SMILES string of the molecule is Cc1ccc(-n2nc(O)cc2-c2ccccc2C)cc1. The highest BCUT2D eigenvalue weighted by atomic mass is 16.3. The Morgan fingerprint density at radius 1 is 0.950 bits per heavy atom. The van der Waals surface area contributed by atoms with Gasteiger partial charge in [-0.2, -0.15) is 0 Å². The third-order valence-corrected chi connectivity index (χ3v) is 3.40. The fourth-order valence-corrected chi connectivity index (χ4v) is 2.30. The van der Waals surface area contributed by atoms with Crippen molar-refractivity contribution in [1.29, 1.82) is 0 Å². The summed E-state index contributed by atoms with van der Waals surface area (Å²) in [5, 5.41) is 14.0. The predicted octanol–water partition coefficient (Wildman–Crippen LogP) is 3.86. The van der Waals surface area contributed by atoms with E-state index in [4.69, 9.17) is 0 Å². The second kappa shape index (κ2) is 4.85. The summed E-state index contributed by atoms with van der Waals surface area (Å²) in [6.07, 6.45) is 0. The molecule has 0 saturated carbocycles. The van der Waals surface area contributed by atoms with Crippen LogP contribution in [0, 0.1) is 13.8 Å². The van der Waals surface area contributed by atoms with Gasteiger partial charge in [0.1, 0.15) is 0 Å². The number of hydrogen-bond acceptors (Lipinski definition) is 2. The normalized spacial score (nSPS) is 10.7. The molecule has 0 fully saturated rings. The molecule has 1 aromatic heterocycles. The first kappa shape index (κ1) is 12.5. The molecular weight excluding hydrogens is 248 g/mol. The van der Waals surface area contributed by atoms with Crippen LogP contribution in [0.15, 0.2) is 54.6 Å². The van der Waals surface area contributed by atoms with Gasteiger partial charge in [-0.25, -0.2) is 4.68 Å². The summed E-state index contributed by atoms with van der Waals surface area (Å²) in [4.78, 5) is 0. The van der Waals surface area contributed by atoms with Crippen LogP contribution in [-0.2, 0) is 0 Å². The summed E-state index contributed by atoms with van der Waals surface area (Å²) in [6, 6.07) is 17.9. The fourth-order valence-electron chi connectivity index (χ4n) is 2.30. The van der Waals surface area contributed by atoms with Crippen LogP contribution in [0.5, 0.6) is 5.88 Å². The molecule has 0 atom stereocenters. The van der Waals surface area contributed by atoms with Crippen LogP contribution in [0.2, 0.25) is 0 Å². The Hall–Kier alpha value is -2.55. The molecule has 0 aliphatic heterocycles. The van der Waals surface area contributed by atoms with Crippen LogP contribution >= 0.6 is 0 Å². The molecule has 3 aromatic rings. The van der Waals surface area contributed by atoms with Crippen molar-refractivity contribution in [2.45, 2.75) is 13.8 Å². The number of hydrogen-bond donors (Lipinski definition) is 1. The lowest BCUT2D eigenvalue weighted by atomic mass is 10.1. The van der Waals surface area contributed by atoms with Gasteiger partial charge < -0.3 is 5.11 Å². The molecule has 0 radical (unpaired) electrons. The minimum atomic E-state index is 0.0313. The van der Waals surface area contributed by atoms with Gasteiger partial charge in [-0.15, -0.1) is 5.10 Å². The Kier molecular flexibility index (Phi) is 3.03. The summed E-state index contributed by atoms with van der Waals surface area (Å²) in [7, 11) is 0. The molecule has 1 N–H and O–H groups in total. The molecule has 20 heavy (non-hydrogen) atoms. The Morgan fingerprint density at radius 3 is 2.35 bits per heavy atom. The van der Waals surface area contributed by atoms with Crippen molar-refractivity contribution in [2.75, 3.05) is 0 Å². The first-order chi connectivity index (χ1) is 9.65. The van der Waals surface area contributed by atoms with Crippen molar-refractivity contribution in [3.63, 3.8) is 0 Å². The van der Waals surface area contributed by atoms with E-state index in [1.54, 1.807) is 10.7 Å². The number of aryl methyl sites for hydroxylation is 2. The third kappa shape index (κ3) is 2.18. The molecule has 0 bridgehead atoms. The second-order valence-corrected chi connectivity index (χ2v) is 4.95. The molecule has 0 spiro atoms. The fraction of sp³-hybridized carbons (Fsp3) is 0.118. The number of aromatic hydroxyl groups is 1. The lowest BCUT2D eigenvalue weighted by Crippen LogP contribution is -1.99. The van der Waals surface area contributed by atoms with Gasteiger partial charge in [0, 0.05) is 11.6 Å². The minimum Gasteiger partial charge on any atom is -0.492 e. The zero-order valence-corrected chi connectivity index (χ0v) is 11.5. The molecule has 0 saturated heterocycles. The van der Waals surface area contributed by atoms with Crippen LogP contribution in [0.3, 0.4) is 0 Å². The van der Waals surface area contributed by atoms with E-state index in [-0.39, 0.29) is 5.88 Å². The van der Waals surface area contributed by atoms with Crippen molar-refractivity contribution in [3.05, 3.63) is 65.7 Å². The highest BCUT2D eigenvalue weighted by molar-refractivity contribution is 5.66. The first-order valence-electron chi connectivity index (χ1n) is 6.57. The molecular formula is C17H16N2O. The average molecular weight is 264 g/mol. The molecule has 3 heteroatoms. The van der Waals surface area contributed by atoms with Crippen LogP contribution in [0.4, 0.5) is 0 Å². The molecule has 0 aliphatic carbocycles. The van der Waals surface area contributed by atoms with Crippen molar-refractivity contribution in [2.24, 2.45) is 0 Å². The van der Waals surface area contributed by atoms with Crippen LogP contribution in [-0.4, -0.2) is 14.9 Å². The van der Waals surface area contributed by atoms with Gasteiger partial charge in [-0.1, -0.05) is 42.0 Å². The molecule has 0 unspecified atom stereocenters.